The van der Waals surface area contributed by atoms with Gasteiger partial charge in [0.25, 0.3) is 0 Å². The number of halogens is 3. The quantitative estimate of drug-likeness (QED) is 0.828. The van der Waals surface area contributed by atoms with Gasteiger partial charge in [0.1, 0.15) is 13.2 Å². The van der Waals surface area contributed by atoms with Gasteiger partial charge in [0.05, 0.1) is 0 Å². The molecule has 4 nitrogen and oxygen atoms in total. The third-order valence-electron chi connectivity index (χ3n) is 1.69. The Labute approximate surface area is 90.6 Å². The number of nitrogens with zero attached hydrogens (tertiary/aromatic N) is 2. The standard InChI is InChI=1S/C9H12F3N3O/c10-9(11,12)6-16-5-8-14-3-7(1-2-13)4-15-8/h3-4H,1-2,5-6,13H2. The van der Waals surface area contributed by atoms with E-state index >= 15 is 0 Å². The molecule has 0 aliphatic carbocycles. The van der Waals surface area contributed by atoms with Crippen molar-refractivity contribution in [3.05, 3.63) is 23.8 Å². The Morgan fingerprint density at radius 3 is 2.38 bits per heavy atom. The first kappa shape index (κ1) is 12.9. The molecule has 0 aromatic carbocycles. The highest BCUT2D eigenvalue weighted by atomic mass is 19.4. The molecule has 1 aromatic heterocycles. The number of rotatable bonds is 5. The van der Waals surface area contributed by atoms with E-state index in [0.29, 0.717) is 13.0 Å². The predicted molar refractivity (Wildman–Crippen MR) is 50.5 cm³/mol. The van der Waals surface area contributed by atoms with Crippen LogP contribution in [0.2, 0.25) is 0 Å². The van der Waals surface area contributed by atoms with Gasteiger partial charge in [-0.15, -0.1) is 0 Å². The van der Waals surface area contributed by atoms with E-state index in [1.54, 1.807) is 0 Å². The van der Waals surface area contributed by atoms with E-state index in [2.05, 4.69) is 14.7 Å². The van der Waals surface area contributed by atoms with Gasteiger partial charge in [-0.3, -0.25) is 0 Å². The van der Waals surface area contributed by atoms with Crippen molar-refractivity contribution < 1.29 is 17.9 Å². The van der Waals surface area contributed by atoms with Crippen LogP contribution in [-0.4, -0.2) is 29.3 Å². The van der Waals surface area contributed by atoms with Crippen LogP contribution < -0.4 is 5.73 Å². The van der Waals surface area contributed by atoms with Gasteiger partial charge in [0, 0.05) is 12.4 Å². The molecule has 0 atom stereocenters. The van der Waals surface area contributed by atoms with Crippen molar-refractivity contribution >= 4 is 0 Å². The van der Waals surface area contributed by atoms with Crippen molar-refractivity contribution in [2.75, 3.05) is 13.2 Å². The molecule has 16 heavy (non-hydrogen) atoms. The second-order valence-electron chi connectivity index (χ2n) is 3.15. The maximum Gasteiger partial charge on any atom is 0.411 e. The monoisotopic (exact) mass is 235 g/mol. The van der Waals surface area contributed by atoms with E-state index in [-0.39, 0.29) is 12.4 Å². The summed E-state index contributed by atoms with van der Waals surface area (Å²) in [6.07, 6.45) is -0.610. The van der Waals surface area contributed by atoms with Crippen molar-refractivity contribution in [1.29, 1.82) is 0 Å². The van der Waals surface area contributed by atoms with Crippen molar-refractivity contribution in [1.82, 2.24) is 9.97 Å². The van der Waals surface area contributed by atoms with Crippen LogP contribution in [0.15, 0.2) is 12.4 Å². The summed E-state index contributed by atoms with van der Waals surface area (Å²) in [5.74, 6) is 0.227. The van der Waals surface area contributed by atoms with Gasteiger partial charge in [-0.2, -0.15) is 13.2 Å². The Balaban J connectivity index is 2.37. The van der Waals surface area contributed by atoms with Crippen LogP contribution in [0.5, 0.6) is 0 Å². The molecule has 0 saturated heterocycles. The molecule has 0 amide bonds. The second kappa shape index (κ2) is 5.76. The van der Waals surface area contributed by atoms with Crippen LogP contribution in [0.4, 0.5) is 13.2 Å². The van der Waals surface area contributed by atoms with E-state index in [4.69, 9.17) is 5.73 Å². The summed E-state index contributed by atoms with van der Waals surface area (Å²) in [6, 6.07) is 0. The Bertz CT molecular complexity index is 313. The number of hydrogen-bond acceptors (Lipinski definition) is 4. The van der Waals surface area contributed by atoms with Gasteiger partial charge in [0.2, 0.25) is 0 Å². The average molecular weight is 235 g/mol. The molecule has 0 fully saturated rings. The lowest BCUT2D eigenvalue weighted by Crippen LogP contribution is -2.17. The van der Waals surface area contributed by atoms with Crippen LogP contribution in [0, 0.1) is 0 Å². The number of ether oxygens (including phenoxy) is 1. The van der Waals surface area contributed by atoms with Crippen LogP contribution in [0.25, 0.3) is 0 Å². The highest BCUT2D eigenvalue weighted by Gasteiger charge is 2.27. The smallest absolute Gasteiger partial charge is 0.364 e. The highest BCUT2D eigenvalue weighted by molar-refractivity contribution is 5.05. The molecular weight excluding hydrogens is 223 g/mol. The molecule has 1 heterocycles. The zero-order chi connectivity index (χ0) is 12.0. The number of alkyl halides is 3. The first-order chi connectivity index (χ1) is 7.51. The molecular formula is C9H12F3N3O. The van der Waals surface area contributed by atoms with E-state index < -0.39 is 12.8 Å². The normalized spacial score (nSPS) is 11.8. The number of nitrogens with two attached hydrogens (primary N) is 1. The summed E-state index contributed by atoms with van der Waals surface area (Å²) in [5, 5.41) is 0. The minimum Gasteiger partial charge on any atom is -0.364 e. The van der Waals surface area contributed by atoms with Gasteiger partial charge in [-0.1, -0.05) is 0 Å². The maximum atomic E-state index is 11.7. The molecule has 0 aliphatic heterocycles. The lowest BCUT2D eigenvalue weighted by atomic mass is 10.2. The van der Waals surface area contributed by atoms with Crippen LogP contribution in [0.3, 0.4) is 0 Å². The van der Waals surface area contributed by atoms with Crippen molar-refractivity contribution in [3.8, 4) is 0 Å². The van der Waals surface area contributed by atoms with E-state index in [1.807, 2.05) is 0 Å². The first-order valence-corrected chi connectivity index (χ1v) is 4.65. The highest BCUT2D eigenvalue weighted by Crippen LogP contribution is 2.14. The Morgan fingerprint density at radius 1 is 1.25 bits per heavy atom. The third-order valence-corrected chi connectivity index (χ3v) is 1.69. The van der Waals surface area contributed by atoms with Crippen molar-refractivity contribution in [2.45, 2.75) is 19.2 Å². The zero-order valence-corrected chi connectivity index (χ0v) is 8.50. The Morgan fingerprint density at radius 2 is 1.88 bits per heavy atom. The largest absolute Gasteiger partial charge is 0.411 e. The molecule has 1 aromatic rings. The fourth-order valence-electron chi connectivity index (χ4n) is 1.01. The van der Waals surface area contributed by atoms with Gasteiger partial charge in [0.15, 0.2) is 5.82 Å². The molecule has 0 saturated carbocycles. The fourth-order valence-corrected chi connectivity index (χ4v) is 1.01. The van der Waals surface area contributed by atoms with Crippen LogP contribution >= 0.6 is 0 Å². The summed E-state index contributed by atoms with van der Waals surface area (Å²) < 4.78 is 39.6. The molecule has 7 heteroatoms. The Kier molecular flexibility index (Phi) is 4.63. The Hall–Kier alpha value is -1.21. The molecule has 0 unspecified atom stereocenters. The minimum absolute atomic E-state index is 0.227. The van der Waals surface area contributed by atoms with E-state index in [9.17, 15) is 13.2 Å². The topological polar surface area (TPSA) is 61.0 Å². The van der Waals surface area contributed by atoms with E-state index in [1.165, 1.54) is 12.4 Å². The van der Waals surface area contributed by atoms with Gasteiger partial charge >= 0.3 is 6.18 Å². The number of hydrogen-bond donors (Lipinski definition) is 1. The molecule has 0 radical (unpaired) electrons. The predicted octanol–water partition coefficient (Wildman–Crippen LogP) is 1.06. The molecule has 2 N–H and O–H groups in total. The summed E-state index contributed by atoms with van der Waals surface area (Å²) in [6.45, 7) is -1.06. The number of aromatic nitrogens is 2. The average Bonchev–Trinajstić information content (AvgIpc) is 2.19. The SMILES string of the molecule is NCCc1cnc(COCC(F)(F)F)nc1. The third kappa shape index (κ3) is 5.04. The second-order valence-corrected chi connectivity index (χ2v) is 3.15. The molecule has 0 spiro atoms. The lowest BCUT2D eigenvalue weighted by Gasteiger charge is -2.06. The molecule has 0 aliphatic rings. The van der Waals surface area contributed by atoms with Gasteiger partial charge in [-0.05, 0) is 18.5 Å². The van der Waals surface area contributed by atoms with Crippen LogP contribution in [-0.2, 0) is 17.8 Å². The molecule has 1 rings (SSSR count). The molecule has 0 bridgehead atoms. The lowest BCUT2D eigenvalue weighted by molar-refractivity contribution is -0.177. The van der Waals surface area contributed by atoms with Crippen molar-refractivity contribution in [3.63, 3.8) is 0 Å². The first-order valence-electron chi connectivity index (χ1n) is 4.65. The van der Waals surface area contributed by atoms with Gasteiger partial charge in [-0.25, -0.2) is 9.97 Å². The van der Waals surface area contributed by atoms with Crippen LogP contribution in [0.1, 0.15) is 11.4 Å². The molecule has 90 valence electrons. The zero-order valence-electron chi connectivity index (χ0n) is 8.50. The summed E-state index contributed by atoms with van der Waals surface area (Å²) in [5.41, 5.74) is 6.17. The summed E-state index contributed by atoms with van der Waals surface area (Å²) in [4.78, 5) is 7.72. The maximum absolute atomic E-state index is 11.7. The van der Waals surface area contributed by atoms with Gasteiger partial charge < -0.3 is 10.5 Å². The van der Waals surface area contributed by atoms with E-state index in [0.717, 1.165) is 5.56 Å². The summed E-state index contributed by atoms with van der Waals surface area (Å²) >= 11 is 0. The summed E-state index contributed by atoms with van der Waals surface area (Å²) in [7, 11) is 0. The minimum atomic E-state index is -4.32. The fraction of sp³-hybridized carbons (Fsp3) is 0.556. The van der Waals surface area contributed by atoms with Crippen molar-refractivity contribution in [2.24, 2.45) is 5.73 Å².